The first-order valence-corrected chi connectivity index (χ1v) is 7.36. The SMILES string of the molecule is CCCC(N)C(=O)NCCOc1cccc2ccccc12. The van der Waals surface area contributed by atoms with E-state index in [9.17, 15) is 4.79 Å². The molecule has 3 N–H and O–H groups in total. The summed E-state index contributed by atoms with van der Waals surface area (Å²) in [6.07, 6.45) is 1.61. The van der Waals surface area contributed by atoms with E-state index >= 15 is 0 Å². The Hall–Kier alpha value is -2.07. The van der Waals surface area contributed by atoms with E-state index < -0.39 is 6.04 Å². The minimum absolute atomic E-state index is 0.113. The molecule has 0 aliphatic carbocycles. The van der Waals surface area contributed by atoms with Crippen LogP contribution in [0.2, 0.25) is 0 Å². The second-order valence-corrected chi connectivity index (χ2v) is 5.01. The molecule has 4 nitrogen and oxygen atoms in total. The predicted molar refractivity (Wildman–Crippen MR) is 85.3 cm³/mol. The number of hydrogen-bond donors (Lipinski definition) is 2. The van der Waals surface area contributed by atoms with Crippen molar-refractivity contribution in [2.45, 2.75) is 25.8 Å². The number of ether oxygens (including phenoxy) is 1. The molecule has 0 saturated heterocycles. The van der Waals surface area contributed by atoms with Gasteiger partial charge in [-0.2, -0.15) is 0 Å². The molecular weight excluding hydrogens is 264 g/mol. The van der Waals surface area contributed by atoms with Gasteiger partial charge >= 0.3 is 0 Å². The first-order valence-electron chi connectivity index (χ1n) is 7.36. The Balaban J connectivity index is 1.84. The maximum absolute atomic E-state index is 11.7. The summed E-state index contributed by atoms with van der Waals surface area (Å²) >= 11 is 0. The Labute approximate surface area is 125 Å². The van der Waals surface area contributed by atoms with E-state index in [1.165, 1.54) is 0 Å². The summed E-state index contributed by atoms with van der Waals surface area (Å²) in [4.78, 5) is 11.7. The van der Waals surface area contributed by atoms with Crippen molar-refractivity contribution >= 4 is 16.7 Å². The lowest BCUT2D eigenvalue weighted by Crippen LogP contribution is -2.41. The van der Waals surface area contributed by atoms with Crippen molar-refractivity contribution in [2.75, 3.05) is 13.2 Å². The quantitative estimate of drug-likeness (QED) is 0.768. The second-order valence-electron chi connectivity index (χ2n) is 5.01. The highest BCUT2D eigenvalue weighted by Crippen LogP contribution is 2.24. The van der Waals surface area contributed by atoms with Crippen LogP contribution in [-0.4, -0.2) is 25.1 Å². The van der Waals surface area contributed by atoms with Gasteiger partial charge in [0.15, 0.2) is 0 Å². The molecule has 0 radical (unpaired) electrons. The second kappa shape index (κ2) is 7.64. The van der Waals surface area contributed by atoms with Crippen LogP contribution in [0.1, 0.15) is 19.8 Å². The van der Waals surface area contributed by atoms with E-state index in [2.05, 4.69) is 5.32 Å². The number of benzene rings is 2. The molecule has 2 aromatic carbocycles. The molecule has 112 valence electrons. The highest BCUT2D eigenvalue weighted by atomic mass is 16.5. The van der Waals surface area contributed by atoms with Gasteiger partial charge in [-0.3, -0.25) is 4.79 Å². The maximum Gasteiger partial charge on any atom is 0.237 e. The van der Waals surface area contributed by atoms with Crippen molar-refractivity contribution in [2.24, 2.45) is 5.73 Å². The topological polar surface area (TPSA) is 64.4 Å². The van der Waals surface area contributed by atoms with Gasteiger partial charge in [0.25, 0.3) is 0 Å². The van der Waals surface area contributed by atoms with Gasteiger partial charge in [-0.15, -0.1) is 0 Å². The molecule has 0 aliphatic rings. The molecular formula is C17H22N2O2. The van der Waals surface area contributed by atoms with E-state index in [4.69, 9.17) is 10.5 Å². The van der Waals surface area contributed by atoms with Crippen LogP contribution in [0.3, 0.4) is 0 Å². The summed E-state index contributed by atoms with van der Waals surface area (Å²) in [5.74, 6) is 0.721. The summed E-state index contributed by atoms with van der Waals surface area (Å²) in [7, 11) is 0. The van der Waals surface area contributed by atoms with Gasteiger partial charge in [0.1, 0.15) is 12.4 Å². The minimum atomic E-state index is -0.424. The van der Waals surface area contributed by atoms with E-state index in [0.29, 0.717) is 19.6 Å². The van der Waals surface area contributed by atoms with Gasteiger partial charge in [-0.25, -0.2) is 0 Å². The first kappa shape index (κ1) is 15.3. The van der Waals surface area contributed by atoms with Gasteiger partial charge in [0.05, 0.1) is 12.6 Å². The molecule has 1 unspecified atom stereocenters. The molecule has 4 heteroatoms. The number of hydrogen-bond acceptors (Lipinski definition) is 3. The van der Waals surface area contributed by atoms with Crippen molar-refractivity contribution in [1.29, 1.82) is 0 Å². The predicted octanol–water partition coefficient (Wildman–Crippen LogP) is 2.46. The average molecular weight is 286 g/mol. The van der Waals surface area contributed by atoms with Crippen LogP contribution in [0.25, 0.3) is 10.8 Å². The summed E-state index contributed by atoms with van der Waals surface area (Å²) < 4.78 is 5.75. The number of fused-ring (bicyclic) bond motifs is 1. The van der Waals surface area contributed by atoms with Crippen LogP contribution >= 0.6 is 0 Å². The lowest BCUT2D eigenvalue weighted by molar-refractivity contribution is -0.122. The lowest BCUT2D eigenvalue weighted by atomic mass is 10.1. The highest BCUT2D eigenvalue weighted by molar-refractivity contribution is 5.88. The Morgan fingerprint density at radius 3 is 2.81 bits per heavy atom. The number of carbonyl (C=O) groups excluding carboxylic acids is 1. The molecule has 1 atom stereocenters. The molecule has 0 heterocycles. The van der Waals surface area contributed by atoms with Crippen molar-refractivity contribution < 1.29 is 9.53 Å². The maximum atomic E-state index is 11.7. The number of nitrogens with one attached hydrogen (secondary N) is 1. The Morgan fingerprint density at radius 1 is 1.24 bits per heavy atom. The van der Waals surface area contributed by atoms with Gasteiger partial charge in [-0.1, -0.05) is 49.7 Å². The number of carbonyl (C=O) groups is 1. The smallest absolute Gasteiger partial charge is 0.237 e. The molecule has 1 amide bonds. The Bertz CT molecular complexity index is 593. The van der Waals surface area contributed by atoms with Gasteiger partial charge in [0, 0.05) is 5.39 Å². The zero-order valence-electron chi connectivity index (χ0n) is 12.3. The molecule has 0 bridgehead atoms. The molecule has 2 aromatic rings. The largest absolute Gasteiger partial charge is 0.491 e. The zero-order chi connectivity index (χ0) is 15.1. The monoisotopic (exact) mass is 286 g/mol. The van der Waals surface area contributed by atoms with E-state index in [1.807, 2.05) is 49.4 Å². The summed E-state index contributed by atoms with van der Waals surface area (Å²) in [5.41, 5.74) is 5.74. The fourth-order valence-electron chi connectivity index (χ4n) is 2.23. The van der Waals surface area contributed by atoms with E-state index in [0.717, 1.165) is 22.9 Å². The lowest BCUT2D eigenvalue weighted by Gasteiger charge is -2.12. The van der Waals surface area contributed by atoms with Crippen LogP contribution in [0, 0.1) is 0 Å². The van der Waals surface area contributed by atoms with E-state index in [1.54, 1.807) is 0 Å². The minimum Gasteiger partial charge on any atom is -0.491 e. The highest BCUT2D eigenvalue weighted by Gasteiger charge is 2.11. The molecule has 2 rings (SSSR count). The fraction of sp³-hybridized carbons (Fsp3) is 0.353. The third kappa shape index (κ3) is 4.20. The molecule has 0 aliphatic heterocycles. The zero-order valence-corrected chi connectivity index (χ0v) is 12.3. The average Bonchev–Trinajstić information content (AvgIpc) is 2.51. The Morgan fingerprint density at radius 2 is 2.00 bits per heavy atom. The van der Waals surface area contributed by atoms with Crippen LogP contribution in [0.5, 0.6) is 5.75 Å². The van der Waals surface area contributed by atoms with Gasteiger partial charge in [-0.05, 0) is 17.9 Å². The Kier molecular flexibility index (Phi) is 5.58. The van der Waals surface area contributed by atoms with Crippen LogP contribution in [0.15, 0.2) is 42.5 Å². The molecule has 0 fully saturated rings. The van der Waals surface area contributed by atoms with E-state index in [-0.39, 0.29) is 5.91 Å². The van der Waals surface area contributed by atoms with Crippen LogP contribution < -0.4 is 15.8 Å². The van der Waals surface area contributed by atoms with Crippen molar-refractivity contribution in [3.63, 3.8) is 0 Å². The summed E-state index contributed by atoms with van der Waals surface area (Å²) in [5, 5.41) is 5.02. The van der Waals surface area contributed by atoms with Crippen LogP contribution in [0.4, 0.5) is 0 Å². The third-order valence-electron chi connectivity index (χ3n) is 3.34. The summed E-state index contributed by atoms with van der Waals surface area (Å²) in [6, 6.07) is 13.6. The molecule has 0 spiro atoms. The van der Waals surface area contributed by atoms with Crippen LogP contribution in [-0.2, 0) is 4.79 Å². The normalized spacial score (nSPS) is 12.1. The summed E-state index contributed by atoms with van der Waals surface area (Å²) in [6.45, 7) is 2.90. The molecule has 0 aromatic heterocycles. The fourth-order valence-corrected chi connectivity index (χ4v) is 2.23. The molecule has 0 saturated carbocycles. The van der Waals surface area contributed by atoms with Crippen molar-refractivity contribution in [1.82, 2.24) is 5.32 Å². The number of nitrogens with two attached hydrogens (primary N) is 1. The number of rotatable bonds is 7. The van der Waals surface area contributed by atoms with Gasteiger partial charge < -0.3 is 15.8 Å². The molecule has 21 heavy (non-hydrogen) atoms. The standard InChI is InChI=1S/C17H22N2O2/c1-2-6-15(18)17(20)19-11-12-21-16-10-5-8-13-7-3-4-9-14(13)16/h3-5,7-10,15H,2,6,11-12,18H2,1H3,(H,19,20). The first-order chi connectivity index (χ1) is 10.2. The van der Waals surface area contributed by atoms with Gasteiger partial charge in [0.2, 0.25) is 5.91 Å². The third-order valence-corrected chi connectivity index (χ3v) is 3.34. The van der Waals surface area contributed by atoms with Crippen molar-refractivity contribution in [3.8, 4) is 5.75 Å². The van der Waals surface area contributed by atoms with Crippen molar-refractivity contribution in [3.05, 3.63) is 42.5 Å². The number of amides is 1.